The first-order valence-electron chi connectivity index (χ1n) is 3.43. The molecule has 0 heterocycles. The third kappa shape index (κ3) is 2.86. The molecule has 0 amide bonds. The lowest BCUT2D eigenvalue weighted by molar-refractivity contribution is -0.149. The molecule has 0 saturated carbocycles. The molecule has 0 spiro atoms. The van der Waals surface area contributed by atoms with Gasteiger partial charge in [-0.2, -0.15) is 0 Å². The van der Waals surface area contributed by atoms with Gasteiger partial charge in [-0.25, -0.2) is 0 Å². The van der Waals surface area contributed by atoms with E-state index in [0.29, 0.717) is 0 Å². The molecule has 0 fully saturated rings. The molecule has 0 bridgehead atoms. The van der Waals surface area contributed by atoms with E-state index in [1.807, 2.05) is 0 Å². The van der Waals surface area contributed by atoms with E-state index in [2.05, 4.69) is 4.74 Å². The average Bonchev–Trinajstić information content (AvgIpc) is 1.85. The maximum atomic E-state index is 11.0. The minimum atomic E-state index is -0.711. The van der Waals surface area contributed by atoms with Gasteiger partial charge in [0.05, 0.1) is 13.2 Å². The van der Waals surface area contributed by atoms with Gasteiger partial charge in [0.25, 0.3) is 0 Å². The minimum Gasteiger partial charge on any atom is -0.468 e. The molecule has 0 aromatic heterocycles. The Morgan fingerprint density at radius 2 is 2.00 bits per heavy atom. The van der Waals surface area contributed by atoms with Gasteiger partial charge in [-0.1, -0.05) is 0 Å². The predicted octanol–water partition coefficient (Wildman–Crippen LogP) is -0.530. The summed E-state index contributed by atoms with van der Waals surface area (Å²) in [6.07, 6.45) is -0.711. The van der Waals surface area contributed by atoms with E-state index in [1.54, 1.807) is 25.9 Å². The Kier molecular flexibility index (Phi) is 4.07. The molecule has 0 aromatic rings. The molecule has 0 aromatic carbocycles. The summed E-state index contributed by atoms with van der Waals surface area (Å²) < 4.78 is 4.49. The SMILES string of the molecule is COC(=O)C(C(C)O)N(C)C. The smallest absolute Gasteiger partial charge is 0.325 e. The van der Waals surface area contributed by atoms with Crippen molar-refractivity contribution in [1.29, 1.82) is 0 Å². The number of carbonyl (C=O) groups excluding carboxylic acids is 1. The number of aliphatic hydroxyl groups excluding tert-OH is 1. The van der Waals surface area contributed by atoms with Crippen LogP contribution >= 0.6 is 0 Å². The second-order valence-electron chi connectivity index (χ2n) is 2.67. The van der Waals surface area contributed by atoms with Gasteiger partial charge in [0.1, 0.15) is 6.04 Å². The van der Waals surface area contributed by atoms with Gasteiger partial charge in [0.2, 0.25) is 0 Å². The highest BCUT2D eigenvalue weighted by atomic mass is 16.5. The van der Waals surface area contributed by atoms with Crippen molar-refractivity contribution in [3.63, 3.8) is 0 Å². The first kappa shape index (κ1) is 10.4. The Labute approximate surface area is 66.8 Å². The minimum absolute atomic E-state index is 0.412. The summed E-state index contributed by atoms with van der Waals surface area (Å²) in [6, 6.07) is -0.569. The van der Waals surface area contributed by atoms with Crippen LogP contribution in [0.1, 0.15) is 6.92 Å². The van der Waals surface area contributed by atoms with Gasteiger partial charge in [0, 0.05) is 0 Å². The fourth-order valence-electron chi connectivity index (χ4n) is 0.960. The van der Waals surface area contributed by atoms with Gasteiger partial charge >= 0.3 is 5.97 Å². The van der Waals surface area contributed by atoms with E-state index in [-0.39, 0.29) is 0 Å². The number of hydrogen-bond donors (Lipinski definition) is 1. The molecule has 0 aliphatic rings. The van der Waals surface area contributed by atoms with Gasteiger partial charge in [-0.3, -0.25) is 9.69 Å². The third-order valence-electron chi connectivity index (χ3n) is 1.46. The number of carbonyl (C=O) groups is 1. The van der Waals surface area contributed by atoms with E-state index in [9.17, 15) is 4.79 Å². The molecular formula is C7H15NO3. The Balaban J connectivity index is 4.22. The summed E-state index contributed by atoms with van der Waals surface area (Å²) in [5.41, 5.74) is 0. The lowest BCUT2D eigenvalue weighted by Gasteiger charge is -2.23. The van der Waals surface area contributed by atoms with Gasteiger partial charge in [-0.05, 0) is 21.0 Å². The van der Waals surface area contributed by atoms with Crippen LogP contribution in [0.5, 0.6) is 0 Å². The molecule has 11 heavy (non-hydrogen) atoms. The van der Waals surface area contributed by atoms with Crippen LogP contribution in [-0.4, -0.2) is 49.3 Å². The van der Waals surface area contributed by atoms with E-state index in [0.717, 1.165) is 0 Å². The average molecular weight is 161 g/mol. The number of nitrogens with zero attached hydrogens (tertiary/aromatic N) is 1. The van der Waals surface area contributed by atoms with Crippen molar-refractivity contribution < 1.29 is 14.6 Å². The molecule has 0 saturated heterocycles. The van der Waals surface area contributed by atoms with E-state index in [4.69, 9.17) is 5.11 Å². The molecule has 0 radical (unpaired) electrons. The second kappa shape index (κ2) is 4.31. The molecule has 1 N–H and O–H groups in total. The van der Waals surface area contributed by atoms with Crippen molar-refractivity contribution in [2.75, 3.05) is 21.2 Å². The first-order chi connectivity index (χ1) is 5.00. The van der Waals surface area contributed by atoms with Crippen molar-refractivity contribution in [2.24, 2.45) is 0 Å². The number of esters is 1. The standard InChI is InChI=1S/C7H15NO3/c1-5(9)6(8(2)3)7(10)11-4/h5-6,9H,1-4H3. The molecular weight excluding hydrogens is 146 g/mol. The van der Waals surface area contributed by atoms with Crippen LogP contribution < -0.4 is 0 Å². The number of methoxy groups -OCH3 is 1. The maximum Gasteiger partial charge on any atom is 0.325 e. The van der Waals surface area contributed by atoms with Crippen molar-refractivity contribution in [3.05, 3.63) is 0 Å². The highest BCUT2D eigenvalue weighted by molar-refractivity contribution is 5.76. The first-order valence-corrected chi connectivity index (χ1v) is 3.43. The Morgan fingerprint density at radius 1 is 1.55 bits per heavy atom. The summed E-state index contributed by atoms with van der Waals surface area (Å²) in [6.45, 7) is 1.56. The number of likely N-dealkylation sites (N-methyl/N-ethyl adjacent to an activating group) is 1. The Hall–Kier alpha value is -0.610. The van der Waals surface area contributed by atoms with Crippen molar-refractivity contribution in [3.8, 4) is 0 Å². The third-order valence-corrected chi connectivity index (χ3v) is 1.46. The molecule has 66 valence electrons. The summed E-state index contributed by atoms with van der Waals surface area (Å²) >= 11 is 0. The summed E-state index contributed by atoms with van der Waals surface area (Å²) in [7, 11) is 4.74. The zero-order valence-electron chi connectivity index (χ0n) is 7.37. The van der Waals surface area contributed by atoms with Crippen molar-refractivity contribution in [2.45, 2.75) is 19.1 Å². The van der Waals surface area contributed by atoms with Crippen LogP contribution in [-0.2, 0) is 9.53 Å². The summed E-state index contributed by atoms with van der Waals surface area (Å²) in [4.78, 5) is 12.6. The maximum absolute atomic E-state index is 11.0. The van der Waals surface area contributed by atoms with Crippen molar-refractivity contribution in [1.82, 2.24) is 4.90 Å². The van der Waals surface area contributed by atoms with Crippen LogP contribution in [0, 0.1) is 0 Å². The largest absolute Gasteiger partial charge is 0.468 e. The lowest BCUT2D eigenvalue weighted by Crippen LogP contribution is -2.44. The molecule has 4 heteroatoms. The zero-order chi connectivity index (χ0) is 9.02. The summed E-state index contributed by atoms with van der Waals surface area (Å²) in [5, 5.41) is 9.14. The molecule has 2 unspecified atom stereocenters. The number of hydrogen-bond acceptors (Lipinski definition) is 4. The van der Waals surface area contributed by atoms with Gasteiger partial charge in [-0.15, -0.1) is 0 Å². The topological polar surface area (TPSA) is 49.8 Å². The molecule has 2 atom stereocenters. The number of rotatable bonds is 3. The monoisotopic (exact) mass is 161 g/mol. The van der Waals surface area contributed by atoms with E-state index in [1.165, 1.54) is 7.11 Å². The highest BCUT2D eigenvalue weighted by Gasteiger charge is 2.26. The van der Waals surface area contributed by atoms with Crippen LogP contribution in [0.3, 0.4) is 0 Å². The predicted molar refractivity (Wildman–Crippen MR) is 41.2 cm³/mol. The summed E-state index contributed by atoms with van der Waals surface area (Å²) in [5.74, 6) is -0.412. The second-order valence-corrected chi connectivity index (χ2v) is 2.67. The molecule has 0 rings (SSSR count). The Bertz CT molecular complexity index is 126. The lowest BCUT2D eigenvalue weighted by atomic mass is 10.2. The van der Waals surface area contributed by atoms with Crippen LogP contribution in [0.15, 0.2) is 0 Å². The van der Waals surface area contributed by atoms with Gasteiger partial charge < -0.3 is 9.84 Å². The van der Waals surface area contributed by atoms with Crippen LogP contribution in [0.4, 0.5) is 0 Å². The highest BCUT2D eigenvalue weighted by Crippen LogP contribution is 2.01. The van der Waals surface area contributed by atoms with E-state index < -0.39 is 18.1 Å². The normalized spacial score (nSPS) is 16.2. The molecule has 4 nitrogen and oxygen atoms in total. The number of aliphatic hydroxyl groups is 1. The fraction of sp³-hybridized carbons (Fsp3) is 0.857. The quantitative estimate of drug-likeness (QED) is 0.565. The van der Waals surface area contributed by atoms with Crippen molar-refractivity contribution >= 4 is 5.97 Å². The van der Waals surface area contributed by atoms with E-state index >= 15 is 0 Å². The fourth-order valence-corrected chi connectivity index (χ4v) is 0.960. The van der Waals surface area contributed by atoms with Crippen LogP contribution in [0.25, 0.3) is 0 Å². The number of ether oxygens (including phenoxy) is 1. The van der Waals surface area contributed by atoms with Crippen LogP contribution in [0.2, 0.25) is 0 Å². The Morgan fingerprint density at radius 3 is 2.09 bits per heavy atom. The molecule has 0 aliphatic heterocycles. The zero-order valence-corrected chi connectivity index (χ0v) is 7.37. The van der Waals surface area contributed by atoms with Gasteiger partial charge in [0.15, 0.2) is 0 Å². The molecule has 0 aliphatic carbocycles.